The molecular weight excluding hydrogens is 310 g/mol. The number of urea groups is 1. The largest absolute Gasteiger partial charge is 0.368 e. The third-order valence-corrected chi connectivity index (χ3v) is 4.73. The van der Waals surface area contributed by atoms with Gasteiger partial charge in [0.2, 0.25) is 0 Å². The Morgan fingerprint density at radius 1 is 0.840 bits per heavy atom. The van der Waals surface area contributed by atoms with E-state index in [9.17, 15) is 4.79 Å². The Labute approximate surface area is 150 Å². The number of nitrogens with zero attached hydrogens (tertiary/aromatic N) is 2. The quantitative estimate of drug-likeness (QED) is 0.888. The first-order valence-corrected chi connectivity index (χ1v) is 8.89. The van der Waals surface area contributed by atoms with Gasteiger partial charge in [0, 0.05) is 37.6 Å². The molecule has 2 aromatic carbocycles. The van der Waals surface area contributed by atoms with E-state index in [-0.39, 0.29) is 6.03 Å². The van der Waals surface area contributed by atoms with Gasteiger partial charge < -0.3 is 15.1 Å². The van der Waals surface area contributed by atoms with Crippen LogP contribution in [0.25, 0.3) is 0 Å². The normalized spacial score (nSPS) is 14.6. The molecule has 0 aromatic heterocycles. The Morgan fingerprint density at radius 3 is 2.08 bits per heavy atom. The van der Waals surface area contributed by atoms with E-state index >= 15 is 0 Å². The lowest BCUT2D eigenvalue weighted by Crippen LogP contribution is -2.50. The SMILES string of the molecule is Cc1cc(C)cc(NC(=O)N2CCN(c3ccc(C)cc3C)CC2)c1. The van der Waals surface area contributed by atoms with Crippen molar-refractivity contribution in [3.63, 3.8) is 0 Å². The lowest BCUT2D eigenvalue weighted by atomic mass is 10.1. The smallest absolute Gasteiger partial charge is 0.321 e. The van der Waals surface area contributed by atoms with Crippen LogP contribution in [0.1, 0.15) is 22.3 Å². The first-order chi connectivity index (χ1) is 11.9. The fourth-order valence-electron chi connectivity index (χ4n) is 3.56. The zero-order chi connectivity index (χ0) is 18.0. The van der Waals surface area contributed by atoms with Gasteiger partial charge >= 0.3 is 6.03 Å². The number of nitrogens with one attached hydrogen (secondary N) is 1. The predicted molar refractivity (Wildman–Crippen MR) is 105 cm³/mol. The summed E-state index contributed by atoms with van der Waals surface area (Å²) in [6, 6.07) is 12.7. The molecule has 0 saturated carbocycles. The van der Waals surface area contributed by atoms with Crippen molar-refractivity contribution in [3.8, 4) is 0 Å². The molecule has 0 radical (unpaired) electrons. The average Bonchev–Trinajstić information content (AvgIpc) is 2.54. The average molecular weight is 337 g/mol. The number of amides is 2. The van der Waals surface area contributed by atoms with Crippen LogP contribution >= 0.6 is 0 Å². The number of carbonyl (C=O) groups excluding carboxylic acids is 1. The molecule has 3 rings (SSSR count). The van der Waals surface area contributed by atoms with Gasteiger partial charge in [-0.2, -0.15) is 0 Å². The summed E-state index contributed by atoms with van der Waals surface area (Å²) in [5, 5.41) is 3.04. The number of hydrogen-bond acceptors (Lipinski definition) is 2. The first kappa shape index (κ1) is 17.3. The molecule has 1 fully saturated rings. The molecule has 1 aliphatic heterocycles. The zero-order valence-electron chi connectivity index (χ0n) is 15.6. The molecule has 25 heavy (non-hydrogen) atoms. The van der Waals surface area contributed by atoms with Crippen LogP contribution in [0.2, 0.25) is 0 Å². The minimum atomic E-state index is -0.00900. The van der Waals surface area contributed by atoms with E-state index in [1.165, 1.54) is 16.8 Å². The maximum atomic E-state index is 12.5. The van der Waals surface area contributed by atoms with Gasteiger partial charge in [0.1, 0.15) is 0 Å². The number of piperazine rings is 1. The second kappa shape index (κ2) is 7.18. The molecule has 0 unspecified atom stereocenters. The van der Waals surface area contributed by atoms with Crippen molar-refractivity contribution in [3.05, 3.63) is 58.7 Å². The van der Waals surface area contributed by atoms with E-state index < -0.39 is 0 Å². The van der Waals surface area contributed by atoms with Gasteiger partial charge in [-0.15, -0.1) is 0 Å². The molecule has 2 aromatic rings. The molecule has 2 amide bonds. The van der Waals surface area contributed by atoms with E-state index in [0.29, 0.717) is 0 Å². The zero-order valence-corrected chi connectivity index (χ0v) is 15.6. The third kappa shape index (κ3) is 4.13. The molecule has 0 aliphatic carbocycles. The maximum Gasteiger partial charge on any atom is 0.321 e. The van der Waals surface area contributed by atoms with Gasteiger partial charge in [-0.25, -0.2) is 4.79 Å². The van der Waals surface area contributed by atoms with E-state index in [1.54, 1.807) is 0 Å². The lowest BCUT2D eigenvalue weighted by molar-refractivity contribution is 0.208. The molecule has 1 heterocycles. The number of carbonyl (C=O) groups is 1. The van der Waals surface area contributed by atoms with E-state index in [4.69, 9.17) is 0 Å². The second-order valence-corrected chi connectivity index (χ2v) is 7.07. The second-order valence-electron chi connectivity index (χ2n) is 7.07. The van der Waals surface area contributed by atoms with Gasteiger partial charge in [0.15, 0.2) is 0 Å². The van der Waals surface area contributed by atoms with Crippen LogP contribution in [0.3, 0.4) is 0 Å². The Morgan fingerprint density at radius 2 is 1.48 bits per heavy atom. The summed E-state index contributed by atoms with van der Waals surface area (Å²) in [5.41, 5.74) is 7.06. The fraction of sp³-hybridized carbons (Fsp3) is 0.381. The van der Waals surface area contributed by atoms with Crippen LogP contribution in [0.15, 0.2) is 36.4 Å². The third-order valence-electron chi connectivity index (χ3n) is 4.73. The molecule has 1 aliphatic rings. The minimum absolute atomic E-state index is 0.00900. The maximum absolute atomic E-state index is 12.5. The summed E-state index contributed by atoms with van der Waals surface area (Å²) >= 11 is 0. The molecule has 1 saturated heterocycles. The molecule has 132 valence electrons. The highest BCUT2D eigenvalue weighted by Crippen LogP contribution is 2.23. The summed E-state index contributed by atoms with van der Waals surface area (Å²) in [5.74, 6) is 0. The van der Waals surface area contributed by atoms with Gasteiger partial charge in [-0.05, 0) is 62.6 Å². The summed E-state index contributed by atoms with van der Waals surface area (Å²) in [6.07, 6.45) is 0. The molecule has 4 nitrogen and oxygen atoms in total. The molecule has 1 N–H and O–H groups in total. The standard InChI is InChI=1S/C21H27N3O/c1-15-5-6-20(18(4)12-15)23-7-9-24(10-8-23)21(25)22-19-13-16(2)11-17(3)14-19/h5-6,11-14H,7-10H2,1-4H3,(H,22,25). The van der Waals surface area contributed by atoms with E-state index in [0.717, 1.165) is 43.0 Å². The monoisotopic (exact) mass is 337 g/mol. The summed E-state index contributed by atoms with van der Waals surface area (Å²) in [7, 11) is 0. The fourth-order valence-corrected chi connectivity index (χ4v) is 3.56. The van der Waals surface area contributed by atoms with Crippen LogP contribution < -0.4 is 10.2 Å². The van der Waals surface area contributed by atoms with Gasteiger partial charge in [0.05, 0.1) is 0 Å². The van der Waals surface area contributed by atoms with Crippen LogP contribution in [-0.2, 0) is 0 Å². The predicted octanol–water partition coefficient (Wildman–Crippen LogP) is 4.27. The molecule has 4 heteroatoms. The molecular formula is C21H27N3O. The lowest BCUT2D eigenvalue weighted by Gasteiger charge is -2.36. The van der Waals surface area contributed by atoms with Crippen molar-refractivity contribution >= 4 is 17.4 Å². The molecule has 0 spiro atoms. The van der Waals surface area contributed by atoms with Gasteiger partial charge in [0.25, 0.3) is 0 Å². The van der Waals surface area contributed by atoms with Gasteiger partial charge in [-0.3, -0.25) is 0 Å². The minimum Gasteiger partial charge on any atom is -0.368 e. The van der Waals surface area contributed by atoms with Crippen LogP contribution in [-0.4, -0.2) is 37.1 Å². The summed E-state index contributed by atoms with van der Waals surface area (Å²) in [6.45, 7) is 11.6. The topological polar surface area (TPSA) is 35.6 Å². The molecule has 0 atom stereocenters. The highest BCUT2D eigenvalue weighted by molar-refractivity contribution is 5.89. The van der Waals surface area contributed by atoms with Gasteiger partial charge in [-0.1, -0.05) is 23.8 Å². The Hall–Kier alpha value is -2.49. The first-order valence-electron chi connectivity index (χ1n) is 8.89. The van der Waals surface area contributed by atoms with Crippen molar-refractivity contribution in [2.45, 2.75) is 27.7 Å². The van der Waals surface area contributed by atoms with Crippen LogP contribution in [0.5, 0.6) is 0 Å². The van der Waals surface area contributed by atoms with E-state index in [1.807, 2.05) is 30.9 Å². The van der Waals surface area contributed by atoms with Crippen LogP contribution in [0.4, 0.5) is 16.2 Å². The van der Waals surface area contributed by atoms with Crippen molar-refractivity contribution in [2.24, 2.45) is 0 Å². The summed E-state index contributed by atoms with van der Waals surface area (Å²) in [4.78, 5) is 16.8. The van der Waals surface area contributed by atoms with E-state index in [2.05, 4.69) is 48.3 Å². The van der Waals surface area contributed by atoms with Crippen molar-refractivity contribution in [1.29, 1.82) is 0 Å². The van der Waals surface area contributed by atoms with Crippen LogP contribution in [0, 0.1) is 27.7 Å². The highest BCUT2D eigenvalue weighted by atomic mass is 16.2. The molecule has 0 bridgehead atoms. The Balaban J connectivity index is 1.60. The number of aryl methyl sites for hydroxylation is 4. The Kier molecular flexibility index (Phi) is 4.98. The van der Waals surface area contributed by atoms with Crippen molar-refractivity contribution in [1.82, 2.24) is 4.90 Å². The Bertz CT molecular complexity index is 756. The van der Waals surface area contributed by atoms with Crippen molar-refractivity contribution < 1.29 is 4.79 Å². The number of rotatable bonds is 2. The number of anilines is 2. The number of benzene rings is 2. The highest BCUT2D eigenvalue weighted by Gasteiger charge is 2.22. The summed E-state index contributed by atoms with van der Waals surface area (Å²) < 4.78 is 0. The number of hydrogen-bond donors (Lipinski definition) is 1. The van der Waals surface area contributed by atoms with Crippen molar-refractivity contribution in [2.75, 3.05) is 36.4 Å².